The van der Waals surface area contributed by atoms with Crippen molar-refractivity contribution in [2.75, 3.05) is 7.11 Å². The van der Waals surface area contributed by atoms with Crippen molar-refractivity contribution in [3.63, 3.8) is 0 Å². The van der Waals surface area contributed by atoms with Crippen LogP contribution in [0.2, 0.25) is 0 Å². The summed E-state index contributed by atoms with van der Waals surface area (Å²) in [5, 5.41) is 3.53. The van der Waals surface area contributed by atoms with Crippen molar-refractivity contribution in [3.8, 4) is 0 Å². The highest BCUT2D eigenvalue weighted by molar-refractivity contribution is 5.71. The monoisotopic (exact) mass is 236 g/mol. The topological polar surface area (TPSA) is 44.1 Å². The minimum atomic E-state index is -4.41. The molecule has 0 bridgehead atoms. The maximum atomic E-state index is 12.2. The third kappa shape index (κ3) is 2.98. The van der Waals surface area contributed by atoms with Crippen LogP contribution < -0.4 is 0 Å². The van der Waals surface area contributed by atoms with Crippen molar-refractivity contribution in [3.05, 3.63) is 18.0 Å². The predicted molar refractivity (Wildman–Crippen MR) is 48.4 cm³/mol. The Bertz CT molecular complexity index is 373. The number of carbonyl (C=O) groups excluding carboxylic acids is 1. The lowest BCUT2D eigenvalue weighted by Gasteiger charge is -2.08. The van der Waals surface area contributed by atoms with E-state index in [0.29, 0.717) is 0 Å². The van der Waals surface area contributed by atoms with E-state index >= 15 is 0 Å². The maximum Gasteiger partial charge on any atom is 0.419 e. The summed E-state index contributed by atoms with van der Waals surface area (Å²) in [5.41, 5.74) is -0.829. The molecule has 7 heteroatoms. The zero-order chi connectivity index (χ0) is 12.3. The maximum absolute atomic E-state index is 12.2. The summed E-state index contributed by atoms with van der Waals surface area (Å²) in [6, 6.07) is 0. The Balaban J connectivity index is 2.69. The quantitative estimate of drug-likeness (QED) is 0.750. The van der Waals surface area contributed by atoms with E-state index in [-0.39, 0.29) is 6.54 Å². The summed E-state index contributed by atoms with van der Waals surface area (Å²) in [5.74, 6) is -1.02. The molecule has 0 amide bonds. The number of esters is 1. The SMILES string of the molecule is COC(=O)C(C)Cn1cc(C(F)(F)F)cn1. The number of methoxy groups -OCH3 is 1. The van der Waals surface area contributed by atoms with Crippen LogP contribution in [0.25, 0.3) is 0 Å². The zero-order valence-corrected chi connectivity index (χ0v) is 8.78. The highest BCUT2D eigenvalue weighted by Gasteiger charge is 2.32. The first kappa shape index (κ1) is 12.5. The van der Waals surface area contributed by atoms with Crippen LogP contribution in [0, 0.1) is 5.92 Å². The van der Waals surface area contributed by atoms with E-state index in [9.17, 15) is 18.0 Å². The number of hydrogen-bond acceptors (Lipinski definition) is 3. The fraction of sp³-hybridized carbons (Fsp3) is 0.556. The van der Waals surface area contributed by atoms with E-state index in [4.69, 9.17) is 0 Å². The van der Waals surface area contributed by atoms with Crippen molar-refractivity contribution >= 4 is 5.97 Å². The van der Waals surface area contributed by atoms with Gasteiger partial charge in [0.05, 0.1) is 31.3 Å². The van der Waals surface area contributed by atoms with Gasteiger partial charge < -0.3 is 4.74 Å². The minimum absolute atomic E-state index is 0.0583. The molecular formula is C9H11F3N2O2. The van der Waals surface area contributed by atoms with Gasteiger partial charge in [0, 0.05) is 6.20 Å². The third-order valence-electron chi connectivity index (χ3n) is 2.03. The number of carbonyl (C=O) groups is 1. The van der Waals surface area contributed by atoms with E-state index in [1.54, 1.807) is 6.92 Å². The van der Waals surface area contributed by atoms with E-state index < -0.39 is 23.6 Å². The average Bonchev–Trinajstić information content (AvgIpc) is 2.64. The second-order valence-corrected chi connectivity index (χ2v) is 3.37. The summed E-state index contributed by atoms with van der Waals surface area (Å²) in [4.78, 5) is 11.0. The van der Waals surface area contributed by atoms with Crippen LogP contribution >= 0.6 is 0 Å². The molecule has 90 valence electrons. The predicted octanol–water partition coefficient (Wildman–Crippen LogP) is 1.71. The zero-order valence-electron chi connectivity index (χ0n) is 8.78. The molecule has 4 nitrogen and oxygen atoms in total. The van der Waals surface area contributed by atoms with Gasteiger partial charge in [-0.2, -0.15) is 18.3 Å². The van der Waals surface area contributed by atoms with Gasteiger partial charge >= 0.3 is 12.1 Å². The molecule has 0 aliphatic carbocycles. The van der Waals surface area contributed by atoms with Gasteiger partial charge in [0.25, 0.3) is 0 Å². The molecule has 0 aliphatic heterocycles. The third-order valence-corrected chi connectivity index (χ3v) is 2.03. The molecule has 0 N–H and O–H groups in total. The van der Waals surface area contributed by atoms with Crippen LogP contribution in [0.4, 0.5) is 13.2 Å². The number of hydrogen-bond donors (Lipinski definition) is 0. The molecule has 1 rings (SSSR count). The summed E-state index contributed by atoms with van der Waals surface area (Å²) in [7, 11) is 1.23. The van der Waals surface area contributed by atoms with Gasteiger partial charge in [-0.1, -0.05) is 6.92 Å². The minimum Gasteiger partial charge on any atom is -0.469 e. The first-order chi connectivity index (χ1) is 7.34. The molecule has 1 unspecified atom stereocenters. The fourth-order valence-electron chi connectivity index (χ4n) is 1.17. The van der Waals surface area contributed by atoms with Crippen LogP contribution in [-0.4, -0.2) is 22.9 Å². The molecule has 0 fully saturated rings. The normalized spacial score (nSPS) is 13.6. The Morgan fingerprint density at radius 2 is 2.25 bits per heavy atom. The number of ether oxygens (including phenoxy) is 1. The number of rotatable bonds is 3. The molecule has 1 aromatic heterocycles. The smallest absolute Gasteiger partial charge is 0.419 e. The first-order valence-corrected chi connectivity index (χ1v) is 4.52. The van der Waals surface area contributed by atoms with Crippen LogP contribution in [0.5, 0.6) is 0 Å². The lowest BCUT2D eigenvalue weighted by Crippen LogP contribution is -2.19. The molecule has 0 radical (unpaired) electrons. The number of alkyl halides is 3. The average molecular weight is 236 g/mol. The molecular weight excluding hydrogens is 225 g/mol. The van der Waals surface area contributed by atoms with Gasteiger partial charge in [0.15, 0.2) is 0 Å². The van der Waals surface area contributed by atoms with E-state index in [1.807, 2.05) is 0 Å². The van der Waals surface area contributed by atoms with Crippen molar-refractivity contribution < 1.29 is 22.7 Å². The second kappa shape index (κ2) is 4.54. The Morgan fingerprint density at radius 1 is 1.62 bits per heavy atom. The van der Waals surface area contributed by atoms with Gasteiger partial charge in [0.2, 0.25) is 0 Å². The Labute approximate surface area is 90.0 Å². The highest BCUT2D eigenvalue weighted by Crippen LogP contribution is 2.28. The summed E-state index contributed by atoms with van der Waals surface area (Å²) >= 11 is 0. The first-order valence-electron chi connectivity index (χ1n) is 4.52. The number of nitrogens with zero attached hydrogens (tertiary/aromatic N) is 2. The van der Waals surface area contributed by atoms with Crippen molar-refractivity contribution in [1.29, 1.82) is 0 Å². The van der Waals surface area contributed by atoms with Gasteiger partial charge in [-0.25, -0.2) is 0 Å². The van der Waals surface area contributed by atoms with E-state index in [1.165, 1.54) is 7.11 Å². The van der Waals surface area contributed by atoms with E-state index in [2.05, 4.69) is 9.84 Å². The van der Waals surface area contributed by atoms with Crippen molar-refractivity contribution in [1.82, 2.24) is 9.78 Å². The van der Waals surface area contributed by atoms with Gasteiger partial charge in [-0.05, 0) is 0 Å². The van der Waals surface area contributed by atoms with Gasteiger partial charge in [-0.3, -0.25) is 9.48 Å². The van der Waals surface area contributed by atoms with Gasteiger partial charge in [-0.15, -0.1) is 0 Å². The Kier molecular flexibility index (Phi) is 3.56. The molecule has 0 aliphatic rings. The largest absolute Gasteiger partial charge is 0.469 e. The molecule has 0 spiro atoms. The highest BCUT2D eigenvalue weighted by atomic mass is 19.4. The number of halogens is 3. The fourth-order valence-corrected chi connectivity index (χ4v) is 1.17. The lowest BCUT2D eigenvalue weighted by atomic mass is 10.2. The Morgan fingerprint density at radius 3 is 2.69 bits per heavy atom. The van der Waals surface area contributed by atoms with Crippen LogP contribution in [0.15, 0.2) is 12.4 Å². The number of aromatic nitrogens is 2. The summed E-state index contributed by atoms with van der Waals surface area (Å²) < 4.78 is 42.2. The molecule has 1 aromatic rings. The summed E-state index contributed by atoms with van der Waals surface area (Å²) in [6.45, 7) is 1.61. The molecule has 0 saturated heterocycles. The van der Waals surface area contributed by atoms with Crippen molar-refractivity contribution in [2.45, 2.75) is 19.6 Å². The molecule has 1 atom stereocenters. The van der Waals surface area contributed by atoms with Crippen LogP contribution in [0.1, 0.15) is 12.5 Å². The molecule has 1 heterocycles. The van der Waals surface area contributed by atoms with Gasteiger partial charge in [0.1, 0.15) is 0 Å². The molecule has 0 saturated carbocycles. The lowest BCUT2D eigenvalue weighted by molar-refractivity contribution is -0.145. The van der Waals surface area contributed by atoms with E-state index in [0.717, 1.165) is 17.1 Å². The standard InChI is InChI=1S/C9H11F3N2O2/c1-6(8(15)16-2)4-14-5-7(3-13-14)9(10,11)12/h3,5-6H,4H2,1-2H3. The van der Waals surface area contributed by atoms with Crippen LogP contribution in [0.3, 0.4) is 0 Å². The molecule has 16 heavy (non-hydrogen) atoms. The summed E-state index contributed by atoms with van der Waals surface area (Å²) in [6.07, 6.45) is -2.82. The Hall–Kier alpha value is -1.53. The molecule has 0 aromatic carbocycles. The van der Waals surface area contributed by atoms with Crippen molar-refractivity contribution in [2.24, 2.45) is 5.92 Å². The second-order valence-electron chi connectivity index (χ2n) is 3.37. The van der Waals surface area contributed by atoms with Crippen LogP contribution in [-0.2, 0) is 22.3 Å².